The lowest BCUT2D eigenvalue weighted by Crippen LogP contribution is -2.19. The zero-order chi connectivity index (χ0) is 15.2. The van der Waals surface area contributed by atoms with Crippen LogP contribution in [0.3, 0.4) is 0 Å². The average Bonchev–Trinajstić information content (AvgIpc) is 2.89. The van der Waals surface area contributed by atoms with Gasteiger partial charge in [-0.15, -0.1) is 0 Å². The van der Waals surface area contributed by atoms with Crippen molar-refractivity contribution in [2.75, 3.05) is 13.0 Å². The van der Waals surface area contributed by atoms with Crippen LogP contribution in [-0.4, -0.2) is 34.5 Å². The van der Waals surface area contributed by atoms with Crippen LogP contribution in [0, 0.1) is 0 Å². The highest BCUT2D eigenvalue weighted by Crippen LogP contribution is 2.33. The largest absolute Gasteiger partial charge is 0.446 e. The fraction of sp³-hybridized carbons (Fsp3) is 0.333. The van der Waals surface area contributed by atoms with E-state index in [1.54, 1.807) is 19.2 Å². The molecule has 1 aromatic rings. The number of carbonyl (C=O) groups is 1. The molecule has 0 spiro atoms. The van der Waals surface area contributed by atoms with Crippen LogP contribution in [0.15, 0.2) is 34.3 Å². The summed E-state index contributed by atoms with van der Waals surface area (Å²) in [4.78, 5) is 17.6. The number of carbonyl (C=O) groups excluding carboxylic acids is 1. The number of thioether (sulfide) groups is 1. The molecule has 2 rings (SSSR count). The number of nitrogens with zero attached hydrogens (tertiary/aromatic N) is 2. The number of oxime groups is 1. The van der Waals surface area contributed by atoms with Crippen LogP contribution in [0.25, 0.3) is 0 Å². The third-order valence-corrected chi connectivity index (χ3v) is 5.99. The third kappa shape index (κ3) is 5.30. The van der Waals surface area contributed by atoms with Gasteiger partial charge < -0.3 is 4.74 Å². The molecule has 0 aliphatic carbocycles. The van der Waals surface area contributed by atoms with Gasteiger partial charge in [0.05, 0.1) is 5.94 Å². The molecule has 1 aliphatic heterocycles. The highest BCUT2D eigenvalue weighted by molar-refractivity contribution is 8.75. The van der Waals surface area contributed by atoms with Crippen molar-refractivity contribution < 1.29 is 14.4 Å². The van der Waals surface area contributed by atoms with Gasteiger partial charge in [0.15, 0.2) is 0 Å². The van der Waals surface area contributed by atoms with E-state index in [2.05, 4.69) is 5.16 Å². The van der Waals surface area contributed by atoms with Crippen molar-refractivity contribution in [2.45, 2.75) is 17.9 Å². The van der Waals surface area contributed by atoms with E-state index in [4.69, 9.17) is 21.2 Å². The molecule has 21 heavy (non-hydrogen) atoms. The number of ether oxygens (including phenoxy) is 1. The van der Waals surface area contributed by atoms with Crippen LogP contribution in [0.2, 0.25) is 5.02 Å². The van der Waals surface area contributed by atoms with E-state index >= 15 is 0 Å². The lowest BCUT2D eigenvalue weighted by molar-refractivity contribution is 0.132. The number of hydrogen-bond acceptors (Lipinski definition) is 7. The Morgan fingerprint density at radius 3 is 2.86 bits per heavy atom. The first kappa shape index (κ1) is 16.8. The SMILES string of the molecule is CC1OCSC1=NOC(=O)N(C)SSc1ccc(Cl)cc1. The maximum atomic E-state index is 11.8. The van der Waals surface area contributed by atoms with Crippen LogP contribution < -0.4 is 0 Å². The summed E-state index contributed by atoms with van der Waals surface area (Å²) in [5.41, 5.74) is 0. The van der Waals surface area contributed by atoms with Crippen molar-refractivity contribution in [1.82, 2.24) is 4.31 Å². The molecular formula is C12H13ClN2O3S3. The Kier molecular flexibility index (Phi) is 6.56. The quantitative estimate of drug-likeness (QED) is 0.339. The number of halogens is 1. The number of amides is 1. The first-order chi connectivity index (χ1) is 10.1. The van der Waals surface area contributed by atoms with E-state index in [0.29, 0.717) is 16.0 Å². The van der Waals surface area contributed by atoms with Crippen LogP contribution in [-0.2, 0) is 9.57 Å². The first-order valence-corrected chi connectivity index (χ1v) is 9.40. The smallest absolute Gasteiger partial charge is 0.361 e. The van der Waals surface area contributed by atoms with Gasteiger partial charge in [-0.3, -0.25) is 4.84 Å². The summed E-state index contributed by atoms with van der Waals surface area (Å²) in [5, 5.41) is 5.17. The van der Waals surface area contributed by atoms with E-state index in [9.17, 15) is 4.79 Å². The molecule has 0 radical (unpaired) electrons. The van der Waals surface area contributed by atoms with Gasteiger partial charge in [-0.25, -0.2) is 9.10 Å². The molecule has 1 saturated heterocycles. The van der Waals surface area contributed by atoms with Crippen molar-refractivity contribution in [2.24, 2.45) is 5.16 Å². The summed E-state index contributed by atoms with van der Waals surface area (Å²) in [6.07, 6.45) is -0.655. The molecule has 1 aromatic carbocycles. The Labute approximate surface area is 140 Å². The van der Waals surface area contributed by atoms with Crippen molar-refractivity contribution in [1.29, 1.82) is 0 Å². The zero-order valence-corrected chi connectivity index (χ0v) is 14.5. The topological polar surface area (TPSA) is 51.1 Å². The molecule has 0 N–H and O–H groups in total. The molecule has 5 nitrogen and oxygen atoms in total. The minimum Gasteiger partial charge on any atom is -0.361 e. The Morgan fingerprint density at radius 1 is 1.52 bits per heavy atom. The van der Waals surface area contributed by atoms with Crippen molar-refractivity contribution in [3.63, 3.8) is 0 Å². The van der Waals surface area contributed by atoms with E-state index in [0.717, 1.165) is 4.90 Å². The van der Waals surface area contributed by atoms with E-state index < -0.39 is 6.09 Å². The average molecular weight is 365 g/mol. The molecule has 0 bridgehead atoms. The first-order valence-electron chi connectivity index (χ1n) is 5.93. The summed E-state index contributed by atoms with van der Waals surface area (Å²) in [6, 6.07) is 7.36. The summed E-state index contributed by atoms with van der Waals surface area (Å²) in [5.74, 6) is 0.536. The van der Waals surface area contributed by atoms with Gasteiger partial charge in [0, 0.05) is 27.9 Å². The second-order valence-electron chi connectivity index (χ2n) is 3.97. The monoisotopic (exact) mass is 364 g/mol. The molecule has 114 valence electrons. The summed E-state index contributed by atoms with van der Waals surface area (Å²) in [6.45, 7) is 1.86. The number of rotatable bonds is 4. The van der Waals surface area contributed by atoms with Gasteiger partial charge >= 0.3 is 6.09 Å². The Balaban J connectivity index is 1.78. The zero-order valence-electron chi connectivity index (χ0n) is 11.3. The number of hydrogen-bond donors (Lipinski definition) is 0. The van der Waals surface area contributed by atoms with Gasteiger partial charge in [0.2, 0.25) is 0 Å². The molecule has 1 aliphatic rings. The van der Waals surface area contributed by atoms with Crippen molar-refractivity contribution in [3.8, 4) is 0 Å². The second-order valence-corrected chi connectivity index (χ2v) is 7.63. The maximum absolute atomic E-state index is 11.8. The Hall–Kier alpha value is -0.540. The second kappa shape index (κ2) is 8.19. The molecule has 1 heterocycles. The molecule has 1 amide bonds. The van der Waals surface area contributed by atoms with E-state index in [-0.39, 0.29) is 6.10 Å². The van der Waals surface area contributed by atoms with Gasteiger partial charge in [0.25, 0.3) is 0 Å². The fourth-order valence-corrected chi connectivity index (χ4v) is 3.81. The maximum Gasteiger partial charge on any atom is 0.446 e. The van der Waals surface area contributed by atoms with Crippen LogP contribution in [0.5, 0.6) is 0 Å². The summed E-state index contributed by atoms with van der Waals surface area (Å²) < 4.78 is 6.65. The summed E-state index contributed by atoms with van der Waals surface area (Å²) in [7, 11) is 4.30. The van der Waals surface area contributed by atoms with Crippen LogP contribution in [0.1, 0.15) is 6.92 Å². The predicted octanol–water partition coefficient (Wildman–Crippen LogP) is 4.49. The van der Waals surface area contributed by atoms with Gasteiger partial charge in [-0.05, 0) is 42.0 Å². The molecule has 0 saturated carbocycles. The van der Waals surface area contributed by atoms with Gasteiger partial charge in [-0.2, -0.15) is 0 Å². The minimum absolute atomic E-state index is 0.121. The van der Waals surface area contributed by atoms with Crippen molar-refractivity contribution >= 4 is 56.3 Å². The lowest BCUT2D eigenvalue weighted by atomic mass is 10.4. The highest BCUT2D eigenvalue weighted by atomic mass is 35.5. The van der Waals surface area contributed by atoms with Crippen LogP contribution in [0.4, 0.5) is 4.79 Å². The van der Waals surface area contributed by atoms with Crippen molar-refractivity contribution in [3.05, 3.63) is 29.3 Å². The summed E-state index contributed by atoms with van der Waals surface area (Å²) >= 11 is 7.24. The predicted molar refractivity (Wildman–Crippen MR) is 89.6 cm³/mol. The molecule has 0 aromatic heterocycles. The fourth-order valence-electron chi connectivity index (χ4n) is 1.25. The standard InChI is InChI=1S/C12H13ClN2O3S3/c1-8-11(19-7-17-8)14-18-12(16)15(2)21-20-10-5-3-9(13)4-6-10/h3-6,8H,7H2,1-2H3. The third-order valence-electron chi connectivity index (χ3n) is 2.40. The van der Waals surface area contributed by atoms with Gasteiger partial charge in [0.1, 0.15) is 11.1 Å². The minimum atomic E-state index is -0.534. The Morgan fingerprint density at radius 2 is 2.24 bits per heavy atom. The molecule has 9 heteroatoms. The molecule has 1 fully saturated rings. The lowest BCUT2D eigenvalue weighted by Gasteiger charge is -2.12. The molecular weight excluding hydrogens is 352 g/mol. The molecule has 1 atom stereocenters. The number of benzene rings is 1. The van der Waals surface area contributed by atoms with Gasteiger partial charge in [-0.1, -0.05) is 28.5 Å². The molecule has 1 unspecified atom stereocenters. The van der Waals surface area contributed by atoms with E-state index in [1.165, 1.54) is 37.8 Å². The van der Waals surface area contributed by atoms with Crippen LogP contribution >= 0.6 is 45.1 Å². The van der Waals surface area contributed by atoms with E-state index in [1.807, 2.05) is 19.1 Å². The highest BCUT2D eigenvalue weighted by Gasteiger charge is 2.21. The normalized spacial score (nSPS) is 19.8. The Bertz CT molecular complexity index is 527.